The third kappa shape index (κ3) is 1.84. The van der Waals surface area contributed by atoms with E-state index in [1.165, 1.54) is 12.8 Å². The summed E-state index contributed by atoms with van der Waals surface area (Å²) in [7, 11) is 1.74. The summed E-state index contributed by atoms with van der Waals surface area (Å²) in [6.07, 6.45) is 4.31. The number of methoxy groups -OCH3 is 1. The van der Waals surface area contributed by atoms with Crippen LogP contribution < -0.4 is 0 Å². The van der Waals surface area contributed by atoms with Crippen LogP contribution in [-0.4, -0.2) is 43.5 Å². The minimum atomic E-state index is 0.348. The lowest BCUT2D eigenvalue weighted by Gasteiger charge is -2.36. The number of ketones is 1. The third-order valence-electron chi connectivity index (χ3n) is 3.59. The highest BCUT2D eigenvalue weighted by Crippen LogP contribution is 2.34. The monoisotopic (exact) mass is 197 g/mol. The molecule has 0 spiro atoms. The Labute approximate surface area is 85.4 Å². The van der Waals surface area contributed by atoms with Crippen LogP contribution in [0.4, 0.5) is 0 Å². The summed E-state index contributed by atoms with van der Waals surface area (Å²) in [6.45, 7) is 2.73. The highest BCUT2D eigenvalue weighted by Gasteiger charge is 2.39. The first kappa shape index (κ1) is 10.1. The van der Waals surface area contributed by atoms with E-state index < -0.39 is 0 Å². The van der Waals surface area contributed by atoms with Gasteiger partial charge in [0.2, 0.25) is 0 Å². The second-order valence-corrected chi connectivity index (χ2v) is 4.35. The summed E-state index contributed by atoms with van der Waals surface area (Å²) in [6, 6.07) is 0.534. The first-order valence-corrected chi connectivity index (χ1v) is 5.58. The van der Waals surface area contributed by atoms with Gasteiger partial charge >= 0.3 is 0 Å². The molecule has 1 heterocycles. The van der Waals surface area contributed by atoms with Crippen molar-refractivity contribution < 1.29 is 9.53 Å². The van der Waals surface area contributed by atoms with Gasteiger partial charge in [-0.05, 0) is 12.8 Å². The molecule has 0 N–H and O–H groups in total. The molecule has 3 heteroatoms. The van der Waals surface area contributed by atoms with Crippen molar-refractivity contribution in [1.29, 1.82) is 0 Å². The van der Waals surface area contributed by atoms with Crippen LogP contribution in [0.5, 0.6) is 0 Å². The second kappa shape index (κ2) is 4.41. The first-order valence-electron chi connectivity index (χ1n) is 5.58. The number of carbonyl (C=O) groups excluding carboxylic acids is 1. The van der Waals surface area contributed by atoms with Gasteiger partial charge < -0.3 is 4.74 Å². The van der Waals surface area contributed by atoms with Crippen molar-refractivity contribution in [2.24, 2.45) is 5.92 Å². The van der Waals surface area contributed by atoms with Crippen molar-refractivity contribution in [2.45, 2.75) is 31.7 Å². The molecule has 0 bridgehead atoms. The van der Waals surface area contributed by atoms with Crippen LogP contribution in [0.1, 0.15) is 25.7 Å². The van der Waals surface area contributed by atoms with Crippen LogP contribution in [0.3, 0.4) is 0 Å². The number of Topliss-reactive ketones (excluding diaryl/α,β-unsaturated/α-hetero) is 1. The number of piperidine rings is 1. The minimum absolute atomic E-state index is 0.348. The number of hydrogen-bond acceptors (Lipinski definition) is 3. The summed E-state index contributed by atoms with van der Waals surface area (Å²) in [5, 5.41) is 0. The maximum atomic E-state index is 11.6. The maximum Gasteiger partial charge on any atom is 0.138 e. The Balaban J connectivity index is 1.95. The van der Waals surface area contributed by atoms with Gasteiger partial charge in [0.15, 0.2) is 0 Å². The second-order valence-electron chi connectivity index (χ2n) is 4.35. The van der Waals surface area contributed by atoms with Crippen LogP contribution >= 0.6 is 0 Å². The van der Waals surface area contributed by atoms with Crippen molar-refractivity contribution in [3.8, 4) is 0 Å². The fourth-order valence-electron chi connectivity index (χ4n) is 2.84. The third-order valence-corrected chi connectivity index (χ3v) is 3.59. The average Bonchev–Trinajstić information content (AvgIpc) is 2.66. The molecule has 14 heavy (non-hydrogen) atoms. The summed E-state index contributed by atoms with van der Waals surface area (Å²) in [4.78, 5) is 14.1. The van der Waals surface area contributed by atoms with Gasteiger partial charge in [0.05, 0.1) is 6.61 Å². The summed E-state index contributed by atoms with van der Waals surface area (Å²) >= 11 is 0. The Morgan fingerprint density at radius 1 is 1.50 bits per heavy atom. The van der Waals surface area contributed by atoms with Gasteiger partial charge in [0.25, 0.3) is 0 Å². The smallest absolute Gasteiger partial charge is 0.138 e. The summed E-state index contributed by atoms with van der Waals surface area (Å²) < 4.78 is 5.09. The van der Waals surface area contributed by atoms with Crippen molar-refractivity contribution in [2.75, 3.05) is 26.8 Å². The number of rotatable bonds is 3. The Hall–Kier alpha value is -0.410. The Bertz CT molecular complexity index is 217. The Kier molecular flexibility index (Phi) is 3.19. The maximum absolute atomic E-state index is 11.6. The summed E-state index contributed by atoms with van der Waals surface area (Å²) in [5.74, 6) is 0.849. The molecule has 3 nitrogen and oxygen atoms in total. The van der Waals surface area contributed by atoms with Crippen LogP contribution in [-0.2, 0) is 9.53 Å². The van der Waals surface area contributed by atoms with Crippen LogP contribution in [0.25, 0.3) is 0 Å². The van der Waals surface area contributed by atoms with Crippen molar-refractivity contribution in [3.05, 3.63) is 0 Å². The van der Waals surface area contributed by atoms with Crippen LogP contribution in [0.15, 0.2) is 0 Å². The topological polar surface area (TPSA) is 29.5 Å². The lowest BCUT2D eigenvalue weighted by molar-refractivity contribution is -0.128. The van der Waals surface area contributed by atoms with Gasteiger partial charge in [-0.3, -0.25) is 9.69 Å². The highest BCUT2D eigenvalue weighted by molar-refractivity contribution is 5.83. The number of likely N-dealkylation sites (tertiary alicyclic amines) is 1. The molecule has 2 aliphatic rings. The van der Waals surface area contributed by atoms with Crippen LogP contribution in [0, 0.1) is 5.92 Å². The van der Waals surface area contributed by atoms with Crippen LogP contribution in [0.2, 0.25) is 0 Å². The van der Waals surface area contributed by atoms with Crippen molar-refractivity contribution >= 4 is 5.78 Å². The molecule has 1 aliphatic carbocycles. The molecule has 0 aromatic heterocycles. The van der Waals surface area contributed by atoms with E-state index in [0.717, 1.165) is 32.5 Å². The van der Waals surface area contributed by atoms with E-state index >= 15 is 0 Å². The van der Waals surface area contributed by atoms with E-state index in [1.807, 2.05) is 0 Å². The zero-order valence-electron chi connectivity index (χ0n) is 8.87. The fraction of sp³-hybridized carbons (Fsp3) is 0.909. The largest absolute Gasteiger partial charge is 0.383 e. The number of ether oxygens (including phenoxy) is 1. The first-order chi connectivity index (χ1) is 6.83. The molecule has 2 atom stereocenters. The molecular formula is C11H19NO2. The number of hydrogen-bond donors (Lipinski definition) is 0. The summed E-state index contributed by atoms with van der Waals surface area (Å²) in [5.41, 5.74) is 0. The molecule has 1 saturated heterocycles. The highest BCUT2D eigenvalue weighted by atomic mass is 16.5. The standard InChI is InChI=1S/C11H19NO2/c1-14-8-7-12-6-5-11(13)9-3-2-4-10(9)12/h9-10H,2-8H2,1H3/t9-,10+/m1/s1. The fourth-order valence-corrected chi connectivity index (χ4v) is 2.84. The zero-order valence-corrected chi connectivity index (χ0v) is 8.87. The van der Waals surface area contributed by atoms with E-state index in [9.17, 15) is 4.79 Å². The van der Waals surface area contributed by atoms with E-state index in [4.69, 9.17) is 4.74 Å². The number of fused-ring (bicyclic) bond motifs is 1. The SMILES string of the molecule is COCCN1CCC(=O)[C@@H]2CCC[C@@H]21. The molecule has 1 saturated carbocycles. The van der Waals surface area contributed by atoms with Gasteiger partial charge in [-0.25, -0.2) is 0 Å². The van der Waals surface area contributed by atoms with E-state index in [2.05, 4.69) is 4.90 Å². The van der Waals surface area contributed by atoms with E-state index in [1.54, 1.807) is 7.11 Å². The van der Waals surface area contributed by atoms with E-state index in [-0.39, 0.29) is 0 Å². The molecule has 0 radical (unpaired) electrons. The number of carbonyl (C=O) groups is 1. The molecule has 0 amide bonds. The lowest BCUT2D eigenvalue weighted by Crippen LogP contribution is -2.47. The molecular weight excluding hydrogens is 178 g/mol. The van der Waals surface area contributed by atoms with Gasteiger partial charge in [-0.2, -0.15) is 0 Å². The van der Waals surface area contributed by atoms with Crippen molar-refractivity contribution in [1.82, 2.24) is 4.90 Å². The molecule has 2 rings (SSSR count). The average molecular weight is 197 g/mol. The quantitative estimate of drug-likeness (QED) is 0.678. The normalized spacial score (nSPS) is 33.4. The molecule has 1 aliphatic heterocycles. The zero-order chi connectivity index (χ0) is 9.97. The predicted molar refractivity (Wildman–Crippen MR) is 54.2 cm³/mol. The van der Waals surface area contributed by atoms with Crippen molar-refractivity contribution in [3.63, 3.8) is 0 Å². The molecule has 2 fully saturated rings. The predicted octanol–water partition coefficient (Wildman–Crippen LogP) is 1.08. The number of nitrogens with zero attached hydrogens (tertiary/aromatic N) is 1. The lowest BCUT2D eigenvalue weighted by atomic mass is 9.91. The molecule has 0 aromatic carbocycles. The molecule has 80 valence electrons. The van der Waals surface area contributed by atoms with Gasteiger partial charge in [-0.1, -0.05) is 6.42 Å². The molecule has 0 aromatic rings. The minimum Gasteiger partial charge on any atom is -0.383 e. The molecule has 0 unspecified atom stereocenters. The van der Waals surface area contributed by atoms with Gasteiger partial charge in [-0.15, -0.1) is 0 Å². The van der Waals surface area contributed by atoms with Gasteiger partial charge in [0.1, 0.15) is 5.78 Å². The van der Waals surface area contributed by atoms with Gasteiger partial charge in [0, 0.05) is 38.6 Å². The Morgan fingerprint density at radius 2 is 2.36 bits per heavy atom. The van der Waals surface area contributed by atoms with E-state index in [0.29, 0.717) is 17.7 Å². The Morgan fingerprint density at radius 3 is 3.14 bits per heavy atom.